The van der Waals surface area contributed by atoms with Crippen molar-refractivity contribution in [1.29, 1.82) is 0 Å². The molecule has 0 saturated carbocycles. The Morgan fingerprint density at radius 2 is 1.78 bits per heavy atom. The molecule has 0 amide bonds. The van der Waals surface area contributed by atoms with Crippen molar-refractivity contribution in [3.63, 3.8) is 0 Å². The van der Waals surface area contributed by atoms with Gasteiger partial charge in [0.05, 0.1) is 6.10 Å². The van der Waals surface area contributed by atoms with E-state index in [4.69, 9.17) is 0 Å². The average Bonchev–Trinajstić information content (AvgIpc) is 2.32. The minimum atomic E-state index is -0.371. The van der Waals surface area contributed by atoms with Crippen molar-refractivity contribution in [3.8, 4) is 0 Å². The third-order valence-corrected chi connectivity index (χ3v) is 3.26. The number of aliphatic hydroxyl groups excluding tert-OH is 1. The minimum Gasteiger partial charge on any atom is -0.392 e. The van der Waals surface area contributed by atoms with Crippen molar-refractivity contribution in [2.24, 2.45) is 0 Å². The van der Waals surface area contributed by atoms with Gasteiger partial charge in [-0.25, -0.2) is 0 Å². The maximum Gasteiger partial charge on any atom is 0.0621 e. The van der Waals surface area contributed by atoms with Gasteiger partial charge in [0.15, 0.2) is 0 Å². The third kappa shape index (κ3) is 3.93. The summed E-state index contributed by atoms with van der Waals surface area (Å²) in [7, 11) is 0. The fourth-order valence-corrected chi connectivity index (χ4v) is 2.32. The Hall–Kier alpha value is -1.19. The summed E-state index contributed by atoms with van der Waals surface area (Å²) in [6, 6.07) is 10.3. The number of rotatable bonds is 4. The number of nitrogens with zero attached hydrogens (tertiary/aromatic N) is 1. The smallest absolute Gasteiger partial charge is 0.0621 e. The lowest BCUT2D eigenvalue weighted by Gasteiger charge is -2.11. The molecule has 94 valence electrons. The molecule has 1 unspecified atom stereocenters. The Labute approximate surface area is 116 Å². The first-order valence-corrected chi connectivity index (χ1v) is 6.76. The summed E-state index contributed by atoms with van der Waals surface area (Å²) in [5.41, 5.74) is 3.45. The average molecular weight is 306 g/mol. The molecule has 2 rings (SSSR count). The molecule has 1 heterocycles. The molecule has 1 atom stereocenters. The monoisotopic (exact) mass is 305 g/mol. The maximum atomic E-state index is 10.1. The highest BCUT2D eigenvalue weighted by Crippen LogP contribution is 2.13. The fraction of sp³-hybridized carbons (Fsp3) is 0.267. The van der Waals surface area contributed by atoms with Crippen LogP contribution in [0.5, 0.6) is 0 Å². The van der Waals surface area contributed by atoms with E-state index < -0.39 is 0 Å². The summed E-state index contributed by atoms with van der Waals surface area (Å²) in [5, 5.41) is 10.1. The normalized spacial score (nSPS) is 12.4. The standard InChI is InChI=1S/C15H16BrNO/c1-11-2-4-12(5-3-11)7-15(18)8-13-6-14(16)10-17-9-13/h2-6,9-10,15,18H,7-8H2,1H3. The summed E-state index contributed by atoms with van der Waals surface area (Å²) in [6.07, 6.45) is 4.47. The maximum absolute atomic E-state index is 10.1. The van der Waals surface area contributed by atoms with Gasteiger partial charge in [0.1, 0.15) is 0 Å². The molecule has 0 aliphatic carbocycles. The Morgan fingerprint density at radius 3 is 2.44 bits per heavy atom. The molecule has 0 radical (unpaired) electrons. The molecular weight excluding hydrogens is 290 g/mol. The molecule has 1 aromatic heterocycles. The summed E-state index contributed by atoms with van der Waals surface area (Å²) < 4.78 is 0.947. The van der Waals surface area contributed by atoms with E-state index in [1.165, 1.54) is 5.56 Å². The second kappa shape index (κ2) is 6.12. The highest BCUT2D eigenvalue weighted by atomic mass is 79.9. The third-order valence-electron chi connectivity index (χ3n) is 2.82. The molecule has 3 heteroatoms. The van der Waals surface area contributed by atoms with Gasteiger partial charge in [0, 0.05) is 23.3 Å². The molecule has 1 aromatic carbocycles. The van der Waals surface area contributed by atoms with Crippen LogP contribution >= 0.6 is 15.9 Å². The van der Waals surface area contributed by atoms with Crippen LogP contribution in [0.1, 0.15) is 16.7 Å². The van der Waals surface area contributed by atoms with E-state index in [0.717, 1.165) is 15.6 Å². The Balaban J connectivity index is 1.96. The first kappa shape index (κ1) is 13.2. The predicted octanol–water partition coefficient (Wildman–Crippen LogP) is 3.30. The van der Waals surface area contributed by atoms with Gasteiger partial charge < -0.3 is 5.11 Å². The molecule has 1 N–H and O–H groups in total. The van der Waals surface area contributed by atoms with Crippen molar-refractivity contribution >= 4 is 15.9 Å². The molecule has 0 fully saturated rings. The molecule has 2 nitrogen and oxygen atoms in total. The van der Waals surface area contributed by atoms with Crippen LogP contribution in [0.3, 0.4) is 0 Å². The van der Waals surface area contributed by atoms with E-state index >= 15 is 0 Å². The van der Waals surface area contributed by atoms with E-state index in [0.29, 0.717) is 12.8 Å². The predicted molar refractivity (Wildman–Crippen MR) is 76.5 cm³/mol. The molecule has 0 bridgehead atoms. The number of aryl methyl sites for hydroxylation is 1. The fourth-order valence-electron chi connectivity index (χ4n) is 1.91. The van der Waals surface area contributed by atoms with Crippen LogP contribution in [0.4, 0.5) is 0 Å². The van der Waals surface area contributed by atoms with Crippen molar-refractivity contribution < 1.29 is 5.11 Å². The van der Waals surface area contributed by atoms with E-state index in [2.05, 4.69) is 52.1 Å². The van der Waals surface area contributed by atoms with Gasteiger partial charge in [-0.1, -0.05) is 29.8 Å². The number of hydrogen-bond acceptors (Lipinski definition) is 2. The summed E-state index contributed by atoms with van der Waals surface area (Å²) >= 11 is 3.38. The molecule has 0 spiro atoms. The zero-order chi connectivity index (χ0) is 13.0. The molecule has 2 aromatic rings. The van der Waals surface area contributed by atoms with E-state index in [-0.39, 0.29) is 6.10 Å². The summed E-state index contributed by atoms with van der Waals surface area (Å²) in [4.78, 5) is 4.10. The lowest BCUT2D eigenvalue weighted by Crippen LogP contribution is -2.14. The van der Waals surface area contributed by atoms with Crippen LogP contribution in [0.15, 0.2) is 47.2 Å². The van der Waals surface area contributed by atoms with Crippen molar-refractivity contribution in [1.82, 2.24) is 4.98 Å². The van der Waals surface area contributed by atoms with Gasteiger partial charge in [0.25, 0.3) is 0 Å². The first-order chi connectivity index (χ1) is 8.63. The van der Waals surface area contributed by atoms with E-state index in [9.17, 15) is 5.11 Å². The lowest BCUT2D eigenvalue weighted by molar-refractivity contribution is 0.175. The highest BCUT2D eigenvalue weighted by molar-refractivity contribution is 9.10. The van der Waals surface area contributed by atoms with Crippen LogP contribution in [0.2, 0.25) is 0 Å². The van der Waals surface area contributed by atoms with Crippen LogP contribution in [0.25, 0.3) is 0 Å². The number of aliphatic hydroxyl groups is 1. The first-order valence-electron chi connectivity index (χ1n) is 5.96. The molecule has 0 aliphatic heterocycles. The minimum absolute atomic E-state index is 0.371. The Kier molecular flexibility index (Phi) is 4.50. The SMILES string of the molecule is Cc1ccc(CC(O)Cc2cncc(Br)c2)cc1. The topological polar surface area (TPSA) is 33.1 Å². The van der Waals surface area contributed by atoms with Gasteiger partial charge in [-0.2, -0.15) is 0 Å². The van der Waals surface area contributed by atoms with Gasteiger partial charge in [0.2, 0.25) is 0 Å². The summed E-state index contributed by atoms with van der Waals surface area (Å²) in [6.45, 7) is 2.06. The zero-order valence-corrected chi connectivity index (χ0v) is 11.9. The zero-order valence-electron chi connectivity index (χ0n) is 10.3. The number of halogens is 1. The van der Waals surface area contributed by atoms with Gasteiger partial charge in [-0.05, 0) is 46.5 Å². The molecule has 0 saturated heterocycles. The molecule has 0 aliphatic rings. The Bertz CT molecular complexity index is 510. The second-order valence-corrected chi connectivity index (χ2v) is 5.47. The summed E-state index contributed by atoms with van der Waals surface area (Å²) in [5.74, 6) is 0. The largest absolute Gasteiger partial charge is 0.392 e. The second-order valence-electron chi connectivity index (χ2n) is 4.56. The van der Waals surface area contributed by atoms with Crippen molar-refractivity contribution in [3.05, 3.63) is 63.9 Å². The Morgan fingerprint density at radius 1 is 1.11 bits per heavy atom. The highest BCUT2D eigenvalue weighted by Gasteiger charge is 2.07. The van der Waals surface area contributed by atoms with Crippen LogP contribution in [0, 0.1) is 6.92 Å². The number of pyridine rings is 1. The van der Waals surface area contributed by atoms with Gasteiger partial charge in [-0.3, -0.25) is 4.98 Å². The van der Waals surface area contributed by atoms with Crippen molar-refractivity contribution in [2.75, 3.05) is 0 Å². The number of benzene rings is 1. The van der Waals surface area contributed by atoms with Crippen LogP contribution < -0.4 is 0 Å². The van der Waals surface area contributed by atoms with E-state index in [1.807, 2.05) is 6.07 Å². The van der Waals surface area contributed by atoms with E-state index in [1.54, 1.807) is 12.4 Å². The van der Waals surface area contributed by atoms with Crippen LogP contribution in [-0.4, -0.2) is 16.2 Å². The van der Waals surface area contributed by atoms with Crippen molar-refractivity contribution in [2.45, 2.75) is 25.9 Å². The number of hydrogen-bond donors (Lipinski definition) is 1. The quantitative estimate of drug-likeness (QED) is 0.940. The lowest BCUT2D eigenvalue weighted by atomic mass is 10.0. The number of aromatic nitrogens is 1. The molecule has 18 heavy (non-hydrogen) atoms. The molecular formula is C15H16BrNO. The van der Waals surface area contributed by atoms with Crippen LogP contribution in [-0.2, 0) is 12.8 Å². The van der Waals surface area contributed by atoms with Gasteiger partial charge in [-0.15, -0.1) is 0 Å². The van der Waals surface area contributed by atoms with Gasteiger partial charge >= 0.3 is 0 Å².